The van der Waals surface area contributed by atoms with Crippen molar-refractivity contribution in [3.8, 4) is 0 Å². The zero-order valence-corrected chi connectivity index (χ0v) is 19.4. The quantitative estimate of drug-likeness (QED) is 0.677. The largest absolute Gasteiger partial charge is 0.392 e. The minimum atomic E-state index is -0.386. The number of nitrogens with two attached hydrogens (primary N) is 1. The number of primary amides is 1. The Morgan fingerprint density at radius 2 is 2.03 bits per heavy atom. The van der Waals surface area contributed by atoms with Gasteiger partial charge in [-0.25, -0.2) is 0 Å². The molecule has 0 aromatic heterocycles. The van der Waals surface area contributed by atoms with Crippen molar-refractivity contribution in [2.75, 3.05) is 0 Å². The lowest BCUT2D eigenvalue weighted by atomic mass is 9.55. The average molecular weight is 428 g/mol. The van der Waals surface area contributed by atoms with Crippen molar-refractivity contribution in [3.63, 3.8) is 0 Å². The van der Waals surface area contributed by atoms with Gasteiger partial charge in [0.2, 0.25) is 5.91 Å². The van der Waals surface area contributed by atoms with Crippen LogP contribution in [0, 0.1) is 23.2 Å². The highest BCUT2D eigenvalue weighted by Gasteiger charge is 2.57. The van der Waals surface area contributed by atoms with Crippen LogP contribution < -0.4 is 5.73 Å². The van der Waals surface area contributed by atoms with Gasteiger partial charge in [0.1, 0.15) is 7.28 Å². The first-order valence-corrected chi connectivity index (χ1v) is 12.4. The molecule has 2 saturated carbocycles. The van der Waals surface area contributed by atoms with Crippen LogP contribution in [0.5, 0.6) is 0 Å². The molecule has 0 aliphatic heterocycles. The lowest BCUT2D eigenvalue weighted by Gasteiger charge is -2.50. The van der Waals surface area contributed by atoms with Crippen molar-refractivity contribution >= 4 is 13.2 Å². The van der Waals surface area contributed by atoms with Gasteiger partial charge in [-0.2, -0.15) is 0 Å². The number of aliphatic hydroxyl groups is 1. The van der Waals surface area contributed by atoms with Crippen LogP contribution in [0.1, 0.15) is 71.1 Å². The third-order valence-electron chi connectivity index (χ3n) is 9.06. The summed E-state index contributed by atoms with van der Waals surface area (Å²) in [6.07, 6.45) is 7.36. The standard InChI is InChI=1S/C28H35BNO2/c1-28-11-10-23-22-8-6-18(16-29-2)14-19(22)7-9-24(23)25(28)15-21(26(28)31)13-17-4-3-5-20(12-17)27(30)32/h3-6,8,12,14,21,23-26,31H,7,9-11,13,15-16H2,1-2H3,(H2,30,32)/t21-,23+,24+,25-,26-,28?/m0/s1. The molecular weight excluding hydrogens is 393 g/mol. The maximum absolute atomic E-state index is 11.6. The number of aliphatic hydroxyl groups excluding tert-OH is 1. The van der Waals surface area contributed by atoms with Gasteiger partial charge >= 0.3 is 0 Å². The van der Waals surface area contributed by atoms with Gasteiger partial charge in [0.25, 0.3) is 0 Å². The van der Waals surface area contributed by atoms with Gasteiger partial charge < -0.3 is 10.8 Å². The second kappa shape index (κ2) is 8.37. The summed E-state index contributed by atoms with van der Waals surface area (Å²) < 4.78 is 0. The van der Waals surface area contributed by atoms with E-state index in [0.29, 0.717) is 23.3 Å². The number of aryl methyl sites for hydroxylation is 1. The molecule has 3 aliphatic rings. The number of hydrogen-bond acceptors (Lipinski definition) is 2. The van der Waals surface area contributed by atoms with Crippen LogP contribution >= 0.6 is 0 Å². The third-order valence-corrected chi connectivity index (χ3v) is 9.06. The minimum absolute atomic E-state index is 0.00173. The smallest absolute Gasteiger partial charge is 0.248 e. The van der Waals surface area contributed by atoms with E-state index in [2.05, 4.69) is 45.3 Å². The van der Waals surface area contributed by atoms with Crippen LogP contribution in [0.3, 0.4) is 0 Å². The molecule has 3 nitrogen and oxygen atoms in total. The van der Waals surface area contributed by atoms with Crippen LogP contribution in [0.15, 0.2) is 42.5 Å². The van der Waals surface area contributed by atoms with Crippen molar-refractivity contribution in [2.24, 2.45) is 28.9 Å². The molecule has 2 aromatic carbocycles. The molecule has 1 radical (unpaired) electrons. The van der Waals surface area contributed by atoms with Gasteiger partial charge in [0.05, 0.1) is 6.10 Å². The Hall–Kier alpha value is -2.07. The van der Waals surface area contributed by atoms with E-state index in [9.17, 15) is 9.90 Å². The molecular formula is C28H35BNO2. The van der Waals surface area contributed by atoms with Crippen molar-refractivity contribution in [1.82, 2.24) is 0 Å². The van der Waals surface area contributed by atoms with Crippen molar-refractivity contribution in [1.29, 1.82) is 0 Å². The van der Waals surface area contributed by atoms with Crippen LogP contribution in [-0.2, 0) is 19.2 Å². The lowest BCUT2D eigenvalue weighted by Crippen LogP contribution is -2.44. The summed E-state index contributed by atoms with van der Waals surface area (Å²) in [6.45, 7) is 4.47. The van der Waals surface area contributed by atoms with E-state index in [0.717, 1.165) is 31.1 Å². The molecule has 0 bridgehead atoms. The highest BCUT2D eigenvalue weighted by Crippen LogP contribution is 2.62. The normalized spacial score (nSPS) is 33.2. The summed E-state index contributed by atoms with van der Waals surface area (Å²) >= 11 is 0. The molecule has 4 heteroatoms. The first kappa shape index (κ1) is 21.8. The van der Waals surface area contributed by atoms with Crippen molar-refractivity contribution < 1.29 is 9.90 Å². The number of fused-ring (bicyclic) bond motifs is 5. The fraction of sp³-hybridized carbons (Fsp3) is 0.536. The van der Waals surface area contributed by atoms with Gasteiger partial charge in [-0.1, -0.05) is 56.0 Å². The SMILES string of the molecule is C[B]Cc1ccc2c(c1)CC[C@@H]1[C@@H]2CCC2(C)[C@@H](O)[C@@H](Cc3cccc(C(N)=O)c3)C[C@@H]12. The summed E-state index contributed by atoms with van der Waals surface area (Å²) in [5.41, 5.74) is 11.7. The van der Waals surface area contributed by atoms with Crippen LogP contribution in [-0.4, -0.2) is 24.4 Å². The highest BCUT2D eigenvalue weighted by atomic mass is 16.3. The van der Waals surface area contributed by atoms with Crippen LogP contribution in [0.4, 0.5) is 0 Å². The average Bonchev–Trinajstić information content (AvgIpc) is 3.04. The molecule has 3 N–H and O–H groups in total. The van der Waals surface area contributed by atoms with Gasteiger partial charge in [0.15, 0.2) is 0 Å². The van der Waals surface area contributed by atoms with Crippen molar-refractivity contribution in [3.05, 3.63) is 70.3 Å². The Labute approximate surface area is 193 Å². The Morgan fingerprint density at radius 1 is 1.19 bits per heavy atom. The summed E-state index contributed by atoms with van der Waals surface area (Å²) in [7, 11) is 2.23. The highest BCUT2D eigenvalue weighted by molar-refractivity contribution is 6.32. The van der Waals surface area contributed by atoms with Gasteiger partial charge in [-0.3, -0.25) is 4.79 Å². The molecule has 167 valence electrons. The maximum atomic E-state index is 11.6. The molecule has 2 aromatic rings. The van der Waals surface area contributed by atoms with E-state index in [4.69, 9.17) is 5.73 Å². The van der Waals surface area contributed by atoms with E-state index >= 15 is 0 Å². The third kappa shape index (κ3) is 3.61. The van der Waals surface area contributed by atoms with Gasteiger partial charge in [-0.05, 0) is 96.4 Å². The summed E-state index contributed by atoms with van der Waals surface area (Å²) in [6, 6.07) is 14.8. The zero-order chi connectivity index (χ0) is 22.5. The second-order valence-electron chi connectivity index (χ2n) is 10.8. The first-order valence-electron chi connectivity index (χ1n) is 12.4. The fourth-order valence-electron chi connectivity index (χ4n) is 7.50. The number of benzene rings is 2. The van der Waals surface area contributed by atoms with Crippen molar-refractivity contribution in [2.45, 2.75) is 70.6 Å². The molecule has 3 aliphatic carbocycles. The number of amides is 1. The molecule has 1 amide bonds. The van der Waals surface area contributed by atoms with Crippen LogP contribution in [0.2, 0.25) is 6.82 Å². The van der Waals surface area contributed by atoms with E-state index in [1.165, 1.54) is 24.8 Å². The summed E-state index contributed by atoms with van der Waals surface area (Å²) in [5.74, 6) is 1.73. The van der Waals surface area contributed by atoms with E-state index in [1.54, 1.807) is 17.2 Å². The molecule has 6 atom stereocenters. The maximum Gasteiger partial charge on any atom is 0.248 e. The molecule has 0 spiro atoms. The molecule has 0 saturated heterocycles. The number of hydrogen-bond donors (Lipinski definition) is 2. The molecule has 2 fully saturated rings. The Balaban J connectivity index is 1.38. The van der Waals surface area contributed by atoms with E-state index < -0.39 is 0 Å². The van der Waals surface area contributed by atoms with Gasteiger partial charge in [0, 0.05) is 5.56 Å². The Kier molecular flexibility index (Phi) is 5.69. The monoisotopic (exact) mass is 428 g/mol. The summed E-state index contributed by atoms with van der Waals surface area (Å²) in [5, 5.41) is 11.5. The fourth-order valence-corrected chi connectivity index (χ4v) is 7.50. The zero-order valence-electron chi connectivity index (χ0n) is 19.4. The molecule has 32 heavy (non-hydrogen) atoms. The molecule has 5 rings (SSSR count). The predicted molar refractivity (Wildman–Crippen MR) is 130 cm³/mol. The topological polar surface area (TPSA) is 63.3 Å². The first-order chi connectivity index (χ1) is 15.4. The second-order valence-corrected chi connectivity index (χ2v) is 10.8. The predicted octanol–water partition coefficient (Wildman–Crippen LogP) is 4.72. The Morgan fingerprint density at radius 3 is 2.81 bits per heavy atom. The number of carbonyl (C=O) groups is 1. The summed E-state index contributed by atoms with van der Waals surface area (Å²) in [4.78, 5) is 11.6. The van der Waals surface area contributed by atoms with E-state index in [-0.39, 0.29) is 23.3 Å². The Bertz CT molecular complexity index is 1020. The van der Waals surface area contributed by atoms with E-state index in [1.807, 2.05) is 12.1 Å². The van der Waals surface area contributed by atoms with Gasteiger partial charge in [-0.15, -0.1) is 0 Å². The minimum Gasteiger partial charge on any atom is -0.392 e. The number of rotatable bonds is 5. The van der Waals surface area contributed by atoms with Crippen LogP contribution in [0.25, 0.3) is 0 Å². The molecule has 1 unspecified atom stereocenters. The number of carbonyl (C=O) groups excluding carboxylic acids is 1. The molecule has 0 heterocycles. The lowest BCUT2D eigenvalue weighted by molar-refractivity contribution is -0.0325.